The van der Waals surface area contributed by atoms with Crippen LogP contribution in [0.25, 0.3) is 16.5 Å². The second kappa shape index (κ2) is 10.4. The van der Waals surface area contributed by atoms with E-state index in [1.165, 1.54) is 24.3 Å². The predicted molar refractivity (Wildman–Crippen MR) is 128 cm³/mol. The molecule has 1 heterocycles. The maximum atomic E-state index is 14.1. The molecule has 4 rings (SSSR count). The van der Waals surface area contributed by atoms with Crippen molar-refractivity contribution in [2.75, 3.05) is 7.11 Å². The molecule has 1 amide bonds. The highest BCUT2D eigenvalue weighted by Crippen LogP contribution is 2.32. The number of amides is 1. The average Bonchev–Trinajstić information content (AvgIpc) is 2.87. The zero-order chi connectivity index (χ0) is 27.6. The van der Waals surface area contributed by atoms with Gasteiger partial charge in [0.1, 0.15) is 28.9 Å². The molecule has 196 valence electrons. The number of halogens is 5. The van der Waals surface area contributed by atoms with Gasteiger partial charge in [0.05, 0.1) is 12.8 Å². The van der Waals surface area contributed by atoms with Gasteiger partial charge in [0.15, 0.2) is 0 Å². The van der Waals surface area contributed by atoms with Crippen LogP contribution in [0, 0.1) is 11.6 Å². The smallest absolute Gasteiger partial charge is 0.431 e. The molecule has 0 unspecified atom stereocenters. The van der Waals surface area contributed by atoms with Gasteiger partial charge < -0.3 is 10.1 Å². The summed E-state index contributed by atoms with van der Waals surface area (Å²) in [6, 6.07) is 13.2. The summed E-state index contributed by atoms with van der Waals surface area (Å²) in [4.78, 5) is 37.6. The molecule has 1 atom stereocenters. The Morgan fingerprint density at radius 2 is 1.50 bits per heavy atom. The lowest BCUT2D eigenvalue weighted by Crippen LogP contribution is -2.43. The van der Waals surface area contributed by atoms with Gasteiger partial charge in [-0.05, 0) is 35.2 Å². The third-order valence-corrected chi connectivity index (χ3v) is 5.88. The number of esters is 1. The number of nitrogens with one attached hydrogen (secondary N) is 1. The number of aromatic nitrogens is 1. The molecule has 0 bridgehead atoms. The summed E-state index contributed by atoms with van der Waals surface area (Å²) in [6.07, 6.45) is -5.05. The zero-order valence-corrected chi connectivity index (χ0v) is 19.7. The first kappa shape index (κ1) is 26.5. The summed E-state index contributed by atoms with van der Waals surface area (Å²) in [5.74, 6) is -4.37. The van der Waals surface area contributed by atoms with E-state index in [-0.39, 0.29) is 17.5 Å². The number of alkyl halides is 3. The van der Waals surface area contributed by atoms with Crippen LogP contribution in [0.15, 0.2) is 77.6 Å². The average molecular weight is 530 g/mol. The minimum atomic E-state index is -4.82. The Morgan fingerprint density at radius 3 is 2.16 bits per heavy atom. The van der Waals surface area contributed by atoms with Crippen molar-refractivity contribution in [3.8, 4) is 5.69 Å². The Balaban J connectivity index is 1.78. The molecule has 0 aliphatic carbocycles. The first-order valence-electron chi connectivity index (χ1n) is 11.2. The monoisotopic (exact) mass is 530 g/mol. The van der Waals surface area contributed by atoms with Crippen molar-refractivity contribution in [2.24, 2.45) is 0 Å². The van der Waals surface area contributed by atoms with Gasteiger partial charge in [-0.2, -0.15) is 13.2 Å². The number of rotatable bonds is 6. The van der Waals surface area contributed by atoms with E-state index in [4.69, 9.17) is 4.74 Å². The number of hydrogen-bond acceptors (Lipinski definition) is 4. The highest BCUT2D eigenvalue weighted by atomic mass is 19.4. The first-order valence-corrected chi connectivity index (χ1v) is 11.2. The van der Waals surface area contributed by atoms with E-state index in [1.54, 1.807) is 12.1 Å². The molecule has 0 aliphatic rings. The molecule has 0 spiro atoms. The van der Waals surface area contributed by atoms with E-state index in [9.17, 15) is 36.3 Å². The van der Waals surface area contributed by atoms with E-state index in [0.29, 0.717) is 15.5 Å². The fourth-order valence-electron chi connectivity index (χ4n) is 4.19. The third-order valence-electron chi connectivity index (χ3n) is 5.88. The first-order chi connectivity index (χ1) is 18.0. The predicted octanol–water partition coefficient (Wildman–Crippen LogP) is 4.80. The number of fused-ring (bicyclic) bond motifs is 1. The maximum Gasteiger partial charge on any atom is 0.431 e. The van der Waals surface area contributed by atoms with Gasteiger partial charge in [0.25, 0.3) is 11.5 Å². The van der Waals surface area contributed by atoms with Crippen molar-refractivity contribution in [1.29, 1.82) is 0 Å². The SMILES string of the molecule is COC(=O)[C@H](Cc1cccc2c(-n3c(C(F)(F)F)cccc3=O)cccc12)NC(=O)c1c(F)cccc1F. The summed E-state index contributed by atoms with van der Waals surface area (Å²) >= 11 is 0. The van der Waals surface area contributed by atoms with Crippen LogP contribution >= 0.6 is 0 Å². The minimum Gasteiger partial charge on any atom is -0.467 e. The third kappa shape index (κ3) is 5.13. The number of pyridine rings is 1. The van der Waals surface area contributed by atoms with Gasteiger partial charge in [0, 0.05) is 17.9 Å². The van der Waals surface area contributed by atoms with Crippen LogP contribution in [0.5, 0.6) is 0 Å². The van der Waals surface area contributed by atoms with Gasteiger partial charge in [-0.1, -0.05) is 42.5 Å². The molecule has 4 aromatic rings. The van der Waals surface area contributed by atoms with Crippen LogP contribution in [-0.2, 0) is 22.1 Å². The van der Waals surface area contributed by atoms with E-state index in [1.807, 2.05) is 0 Å². The minimum absolute atomic E-state index is 0.0469. The Labute approximate surface area is 212 Å². The van der Waals surface area contributed by atoms with Crippen LogP contribution < -0.4 is 10.9 Å². The lowest BCUT2D eigenvalue weighted by atomic mass is 9.97. The largest absolute Gasteiger partial charge is 0.467 e. The Hall–Kier alpha value is -4.54. The van der Waals surface area contributed by atoms with Crippen LogP contribution in [-0.4, -0.2) is 29.6 Å². The van der Waals surface area contributed by atoms with Gasteiger partial charge in [-0.3, -0.25) is 14.2 Å². The molecule has 38 heavy (non-hydrogen) atoms. The highest BCUT2D eigenvalue weighted by molar-refractivity contribution is 5.98. The number of carbonyl (C=O) groups excluding carboxylic acids is 2. The summed E-state index contributed by atoms with van der Waals surface area (Å²) in [5, 5.41) is 2.91. The summed E-state index contributed by atoms with van der Waals surface area (Å²) in [7, 11) is 1.06. The van der Waals surface area contributed by atoms with Crippen LogP contribution in [0.4, 0.5) is 22.0 Å². The van der Waals surface area contributed by atoms with Crippen molar-refractivity contribution in [3.63, 3.8) is 0 Å². The Morgan fingerprint density at radius 1 is 0.895 bits per heavy atom. The number of ether oxygens (including phenoxy) is 1. The maximum absolute atomic E-state index is 14.1. The van der Waals surface area contributed by atoms with E-state index in [2.05, 4.69) is 5.32 Å². The van der Waals surface area contributed by atoms with Crippen molar-refractivity contribution in [2.45, 2.75) is 18.6 Å². The second-order valence-corrected chi connectivity index (χ2v) is 8.22. The summed E-state index contributed by atoms with van der Waals surface area (Å²) < 4.78 is 74.6. The molecular weight excluding hydrogens is 511 g/mol. The molecule has 0 saturated heterocycles. The van der Waals surface area contributed by atoms with E-state index >= 15 is 0 Å². The molecule has 3 aromatic carbocycles. The van der Waals surface area contributed by atoms with E-state index in [0.717, 1.165) is 43.5 Å². The topological polar surface area (TPSA) is 77.4 Å². The molecule has 0 fully saturated rings. The fourth-order valence-corrected chi connectivity index (χ4v) is 4.19. The number of carbonyl (C=O) groups is 2. The van der Waals surface area contributed by atoms with Crippen molar-refractivity contribution >= 4 is 22.6 Å². The van der Waals surface area contributed by atoms with E-state index < -0.39 is 52.5 Å². The molecule has 1 aromatic heterocycles. The van der Waals surface area contributed by atoms with Gasteiger partial charge in [0.2, 0.25) is 0 Å². The zero-order valence-electron chi connectivity index (χ0n) is 19.7. The lowest BCUT2D eigenvalue weighted by Gasteiger charge is -2.20. The number of methoxy groups -OCH3 is 1. The normalized spacial score (nSPS) is 12.3. The number of benzene rings is 3. The standard InChI is InChI=1S/C27H19F5N2O4/c1-38-26(37)20(33-25(36)24-18(28)9-4-10-19(24)29)14-15-6-2-8-17-16(15)7-3-11-21(17)34-22(27(30,31)32)12-5-13-23(34)35/h2-13,20H,14H2,1H3,(H,33,36)/t20-/m0/s1. The van der Waals surface area contributed by atoms with Gasteiger partial charge in [-0.25, -0.2) is 13.6 Å². The molecule has 11 heteroatoms. The quantitative estimate of drug-likeness (QED) is 0.287. The van der Waals surface area contributed by atoms with Crippen molar-refractivity contribution < 1.29 is 36.3 Å². The molecule has 0 saturated carbocycles. The number of hydrogen-bond donors (Lipinski definition) is 1. The molecule has 6 nitrogen and oxygen atoms in total. The number of nitrogens with zero attached hydrogens (tertiary/aromatic N) is 1. The van der Waals surface area contributed by atoms with Crippen molar-refractivity contribution in [3.05, 3.63) is 112 Å². The molecule has 0 aliphatic heterocycles. The fraction of sp³-hybridized carbons (Fsp3) is 0.148. The Kier molecular flexibility index (Phi) is 7.29. The Bertz CT molecular complexity index is 1580. The highest BCUT2D eigenvalue weighted by Gasteiger charge is 2.35. The van der Waals surface area contributed by atoms with Crippen LogP contribution in [0.2, 0.25) is 0 Å². The van der Waals surface area contributed by atoms with Crippen LogP contribution in [0.3, 0.4) is 0 Å². The van der Waals surface area contributed by atoms with Crippen molar-refractivity contribution in [1.82, 2.24) is 9.88 Å². The second-order valence-electron chi connectivity index (χ2n) is 8.22. The molecule has 0 radical (unpaired) electrons. The van der Waals surface area contributed by atoms with Crippen LogP contribution in [0.1, 0.15) is 21.6 Å². The molecule has 1 N–H and O–H groups in total. The van der Waals surface area contributed by atoms with Gasteiger partial charge in [-0.15, -0.1) is 0 Å². The van der Waals surface area contributed by atoms with Gasteiger partial charge >= 0.3 is 12.1 Å². The summed E-state index contributed by atoms with van der Waals surface area (Å²) in [6.45, 7) is 0. The summed E-state index contributed by atoms with van der Waals surface area (Å²) in [5.41, 5.74) is -2.61. The lowest BCUT2D eigenvalue weighted by molar-refractivity contribution is -0.143. The molecular formula is C27H19F5N2O4.